The number of alkyl halides is 2. The highest BCUT2D eigenvalue weighted by Gasteiger charge is 2.41. The molecule has 0 aliphatic carbocycles. The predicted molar refractivity (Wildman–Crippen MR) is 106 cm³/mol. The number of para-hydroxylation sites is 1. The number of nitrogens with one attached hydrogen (secondary N) is 1. The van der Waals surface area contributed by atoms with Crippen LogP contribution in [0.25, 0.3) is 10.9 Å². The summed E-state index contributed by atoms with van der Waals surface area (Å²) in [6.07, 6.45) is 0.521. The van der Waals surface area contributed by atoms with Gasteiger partial charge >= 0.3 is 0 Å². The summed E-state index contributed by atoms with van der Waals surface area (Å²) < 4.78 is 43.5. The van der Waals surface area contributed by atoms with E-state index < -0.39 is 25.1 Å². The van der Waals surface area contributed by atoms with Crippen molar-refractivity contribution >= 4 is 26.8 Å². The summed E-state index contributed by atoms with van der Waals surface area (Å²) in [5.41, 5.74) is 2.92. The highest BCUT2D eigenvalue weighted by molar-refractivity contribution is 9.10. The van der Waals surface area contributed by atoms with E-state index in [0.29, 0.717) is 11.9 Å². The smallest absolute Gasteiger partial charge is 0.283 e. The van der Waals surface area contributed by atoms with E-state index in [1.54, 1.807) is 11.0 Å². The minimum atomic E-state index is -3.23. The van der Waals surface area contributed by atoms with E-state index in [1.807, 2.05) is 37.3 Å². The van der Waals surface area contributed by atoms with Gasteiger partial charge in [0.1, 0.15) is 12.4 Å². The topological polar surface area (TPSA) is 39.3 Å². The molecule has 3 nitrogen and oxygen atoms in total. The molecule has 0 saturated heterocycles. The zero-order valence-corrected chi connectivity index (χ0v) is 16.8. The zero-order chi connectivity index (χ0) is 20.1. The molecule has 2 atom stereocenters. The second kappa shape index (κ2) is 7.21. The first-order chi connectivity index (χ1) is 13.3. The molecule has 0 radical (unpaired) electrons. The zero-order valence-electron chi connectivity index (χ0n) is 15.2. The number of aliphatic hydroxyl groups excluding tert-OH is 1. The second-order valence-electron chi connectivity index (χ2n) is 7.37. The van der Waals surface area contributed by atoms with E-state index in [2.05, 4.69) is 20.9 Å². The Morgan fingerprint density at radius 3 is 2.61 bits per heavy atom. The average molecular weight is 453 g/mol. The van der Waals surface area contributed by atoms with Crippen LogP contribution in [0.5, 0.6) is 0 Å². The molecule has 2 N–H and O–H groups in total. The number of H-pyrrole nitrogens is 1. The fourth-order valence-corrected chi connectivity index (χ4v) is 4.38. The molecule has 0 saturated carbocycles. The predicted octanol–water partition coefficient (Wildman–Crippen LogP) is 5.03. The SMILES string of the molecule is CC1Cc2c([nH]c3c(F)cccc23)C(c2ccc(Br)cc2)N1CC(F)(F)CO. The van der Waals surface area contributed by atoms with E-state index in [0.717, 1.165) is 26.7 Å². The lowest BCUT2D eigenvalue weighted by molar-refractivity contribution is -0.0864. The van der Waals surface area contributed by atoms with Crippen molar-refractivity contribution in [3.63, 3.8) is 0 Å². The van der Waals surface area contributed by atoms with Crippen LogP contribution in [0, 0.1) is 5.82 Å². The van der Waals surface area contributed by atoms with Crippen LogP contribution in [0.4, 0.5) is 13.2 Å². The van der Waals surface area contributed by atoms with Crippen molar-refractivity contribution in [2.45, 2.75) is 31.4 Å². The summed E-state index contributed by atoms with van der Waals surface area (Å²) in [6, 6.07) is 11.7. The molecule has 0 amide bonds. The molecule has 148 valence electrons. The van der Waals surface area contributed by atoms with Crippen LogP contribution in [0.2, 0.25) is 0 Å². The lowest BCUT2D eigenvalue weighted by Gasteiger charge is -2.42. The highest BCUT2D eigenvalue weighted by Crippen LogP contribution is 2.42. The quantitative estimate of drug-likeness (QED) is 0.582. The van der Waals surface area contributed by atoms with Crippen LogP contribution in [0.3, 0.4) is 0 Å². The fraction of sp³-hybridized carbons (Fsp3) is 0.333. The number of hydrogen-bond acceptors (Lipinski definition) is 2. The van der Waals surface area contributed by atoms with Crippen molar-refractivity contribution in [1.82, 2.24) is 9.88 Å². The Labute approximate surface area is 169 Å². The van der Waals surface area contributed by atoms with Gasteiger partial charge in [-0.15, -0.1) is 0 Å². The maximum atomic E-state index is 14.4. The molecule has 0 bridgehead atoms. The van der Waals surface area contributed by atoms with Gasteiger partial charge in [-0.2, -0.15) is 0 Å². The van der Waals surface area contributed by atoms with Gasteiger partial charge in [0.25, 0.3) is 5.92 Å². The maximum absolute atomic E-state index is 14.4. The summed E-state index contributed by atoms with van der Waals surface area (Å²) in [4.78, 5) is 4.86. The largest absolute Gasteiger partial charge is 0.390 e. The number of hydrogen-bond donors (Lipinski definition) is 2. The van der Waals surface area contributed by atoms with Gasteiger partial charge in [0, 0.05) is 21.6 Å². The average Bonchev–Trinajstić information content (AvgIpc) is 3.03. The molecule has 2 unspecified atom stereocenters. The van der Waals surface area contributed by atoms with Crippen LogP contribution >= 0.6 is 15.9 Å². The molecule has 0 fully saturated rings. The lowest BCUT2D eigenvalue weighted by atomic mass is 9.88. The Hall–Kier alpha value is -1.83. The molecule has 7 heteroatoms. The molecule has 1 aliphatic heterocycles. The van der Waals surface area contributed by atoms with Gasteiger partial charge in [-0.3, -0.25) is 4.90 Å². The first kappa shape index (κ1) is 19.5. The molecular weight excluding hydrogens is 433 g/mol. The Kier molecular flexibility index (Phi) is 5.02. The van der Waals surface area contributed by atoms with Crippen molar-refractivity contribution < 1.29 is 18.3 Å². The van der Waals surface area contributed by atoms with Crippen LogP contribution in [0.15, 0.2) is 46.9 Å². The fourth-order valence-electron chi connectivity index (χ4n) is 4.11. The molecule has 2 aromatic carbocycles. The number of benzene rings is 2. The summed E-state index contributed by atoms with van der Waals surface area (Å²) in [5, 5.41) is 9.90. The van der Waals surface area contributed by atoms with E-state index in [4.69, 9.17) is 5.11 Å². The van der Waals surface area contributed by atoms with Crippen LogP contribution in [0.1, 0.15) is 29.8 Å². The number of aliphatic hydroxyl groups is 1. The summed E-state index contributed by atoms with van der Waals surface area (Å²) >= 11 is 3.40. The monoisotopic (exact) mass is 452 g/mol. The standard InChI is InChI=1S/C21H20BrF3N2O/c1-12-9-16-15-3-2-4-17(23)18(15)26-19(16)20(13-5-7-14(22)8-6-13)27(12)10-21(24,25)11-28/h2-8,12,20,26,28H,9-11H2,1H3. The summed E-state index contributed by atoms with van der Waals surface area (Å²) in [7, 11) is 0. The number of nitrogens with zero attached hydrogens (tertiary/aromatic N) is 1. The molecule has 2 heterocycles. The van der Waals surface area contributed by atoms with E-state index in [1.165, 1.54) is 6.07 Å². The van der Waals surface area contributed by atoms with E-state index >= 15 is 0 Å². The maximum Gasteiger partial charge on any atom is 0.283 e. The first-order valence-electron chi connectivity index (χ1n) is 9.09. The third kappa shape index (κ3) is 3.36. The van der Waals surface area contributed by atoms with Gasteiger partial charge in [-0.05, 0) is 42.7 Å². The Bertz CT molecular complexity index is 1000. The third-order valence-electron chi connectivity index (χ3n) is 5.43. The summed E-state index contributed by atoms with van der Waals surface area (Å²) in [5.74, 6) is -3.59. The van der Waals surface area contributed by atoms with Gasteiger partial charge in [-0.1, -0.05) is 40.2 Å². The summed E-state index contributed by atoms with van der Waals surface area (Å²) in [6.45, 7) is 0.0977. The second-order valence-corrected chi connectivity index (χ2v) is 8.29. The Balaban J connectivity index is 1.90. The van der Waals surface area contributed by atoms with Crippen LogP contribution < -0.4 is 0 Å². The van der Waals surface area contributed by atoms with Crippen LogP contribution in [-0.2, 0) is 6.42 Å². The van der Waals surface area contributed by atoms with Gasteiger partial charge in [0.2, 0.25) is 0 Å². The normalized spacial score (nSPS) is 20.5. The third-order valence-corrected chi connectivity index (χ3v) is 5.95. The molecule has 1 aliphatic rings. The Morgan fingerprint density at radius 1 is 1.21 bits per heavy atom. The van der Waals surface area contributed by atoms with E-state index in [9.17, 15) is 13.2 Å². The number of aromatic amines is 1. The van der Waals surface area contributed by atoms with Gasteiger partial charge in [-0.25, -0.2) is 13.2 Å². The molecule has 1 aromatic heterocycles. The molecule has 0 spiro atoms. The number of rotatable bonds is 4. The van der Waals surface area contributed by atoms with Crippen molar-refractivity contribution in [3.8, 4) is 0 Å². The Morgan fingerprint density at radius 2 is 1.93 bits per heavy atom. The molecule has 28 heavy (non-hydrogen) atoms. The number of fused-ring (bicyclic) bond motifs is 3. The van der Waals surface area contributed by atoms with E-state index in [-0.39, 0.29) is 11.9 Å². The van der Waals surface area contributed by atoms with Crippen molar-refractivity contribution in [2.24, 2.45) is 0 Å². The molecule has 4 rings (SSSR count). The highest BCUT2D eigenvalue weighted by atomic mass is 79.9. The van der Waals surface area contributed by atoms with Crippen molar-refractivity contribution in [3.05, 3.63) is 69.6 Å². The lowest BCUT2D eigenvalue weighted by Crippen LogP contribution is -2.49. The molecular formula is C21H20BrF3N2O. The van der Waals surface area contributed by atoms with Crippen LogP contribution in [-0.4, -0.2) is 40.1 Å². The van der Waals surface area contributed by atoms with Crippen molar-refractivity contribution in [1.29, 1.82) is 0 Å². The van der Waals surface area contributed by atoms with Gasteiger partial charge in [0.15, 0.2) is 0 Å². The first-order valence-corrected chi connectivity index (χ1v) is 9.89. The van der Waals surface area contributed by atoms with Crippen molar-refractivity contribution in [2.75, 3.05) is 13.2 Å². The van der Waals surface area contributed by atoms with Gasteiger partial charge in [0.05, 0.1) is 18.1 Å². The molecule has 3 aromatic rings. The minimum Gasteiger partial charge on any atom is -0.390 e. The van der Waals surface area contributed by atoms with Gasteiger partial charge < -0.3 is 10.1 Å². The minimum absolute atomic E-state index is 0.208. The number of aromatic nitrogens is 1. The number of halogens is 4.